The Hall–Kier alpha value is -2.16. The lowest BCUT2D eigenvalue weighted by atomic mass is 10.1. The van der Waals surface area contributed by atoms with Crippen molar-refractivity contribution in [1.29, 1.82) is 0 Å². The van der Waals surface area contributed by atoms with Crippen molar-refractivity contribution in [2.24, 2.45) is 10.2 Å². The monoisotopic (exact) mass is 253 g/mol. The van der Waals surface area contributed by atoms with Gasteiger partial charge >= 0.3 is 0 Å². The highest BCUT2D eigenvalue weighted by molar-refractivity contribution is 5.65. The van der Waals surface area contributed by atoms with E-state index in [4.69, 9.17) is 5.73 Å². The van der Waals surface area contributed by atoms with Gasteiger partial charge in [-0.15, -0.1) is 5.11 Å². The van der Waals surface area contributed by atoms with Gasteiger partial charge in [0.05, 0.1) is 11.4 Å². The van der Waals surface area contributed by atoms with Crippen LogP contribution in [-0.4, -0.2) is 0 Å². The first-order valence-electron chi connectivity index (χ1n) is 6.33. The first-order chi connectivity index (χ1) is 8.97. The SMILES string of the molecule is Cc1ccc(N=Nc2cc(C)c(C)cc2N)cc1C. The predicted octanol–water partition coefficient (Wildman–Crippen LogP) is 4.92. The molecule has 98 valence electrons. The van der Waals surface area contributed by atoms with E-state index < -0.39 is 0 Å². The number of nitrogens with zero attached hydrogens (tertiary/aromatic N) is 2. The number of anilines is 1. The third-order valence-corrected chi connectivity index (χ3v) is 3.41. The Labute approximate surface area is 114 Å². The number of hydrogen-bond donors (Lipinski definition) is 1. The zero-order chi connectivity index (χ0) is 14.0. The van der Waals surface area contributed by atoms with Gasteiger partial charge in [-0.1, -0.05) is 6.07 Å². The van der Waals surface area contributed by atoms with Crippen LogP contribution in [-0.2, 0) is 0 Å². The summed E-state index contributed by atoms with van der Waals surface area (Å²) in [5.41, 5.74) is 13.0. The molecule has 0 heterocycles. The molecule has 2 N–H and O–H groups in total. The second-order valence-corrected chi connectivity index (χ2v) is 4.96. The number of azo groups is 1. The van der Waals surface area contributed by atoms with Gasteiger partial charge in [-0.2, -0.15) is 5.11 Å². The van der Waals surface area contributed by atoms with Crippen LogP contribution in [0.2, 0.25) is 0 Å². The molecule has 0 spiro atoms. The lowest BCUT2D eigenvalue weighted by molar-refractivity contribution is 1.20. The minimum atomic E-state index is 0.663. The van der Waals surface area contributed by atoms with Crippen molar-refractivity contribution in [1.82, 2.24) is 0 Å². The Morgan fingerprint density at radius 1 is 0.737 bits per heavy atom. The van der Waals surface area contributed by atoms with E-state index in [9.17, 15) is 0 Å². The smallest absolute Gasteiger partial charge is 0.109 e. The molecule has 0 aliphatic heterocycles. The van der Waals surface area contributed by atoms with Crippen molar-refractivity contribution < 1.29 is 0 Å². The van der Waals surface area contributed by atoms with Crippen LogP contribution in [0.5, 0.6) is 0 Å². The minimum Gasteiger partial charge on any atom is -0.397 e. The fourth-order valence-corrected chi connectivity index (χ4v) is 1.81. The zero-order valence-corrected chi connectivity index (χ0v) is 11.9. The number of benzene rings is 2. The maximum atomic E-state index is 5.95. The van der Waals surface area contributed by atoms with E-state index in [1.165, 1.54) is 22.3 Å². The van der Waals surface area contributed by atoms with Gasteiger partial charge in [0.2, 0.25) is 0 Å². The second-order valence-electron chi connectivity index (χ2n) is 4.96. The fraction of sp³-hybridized carbons (Fsp3) is 0.250. The first kappa shape index (κ1) is 13.3. The summed E-state index contributed by atoms with van der Waals surface area (Å²) in [6.07, 6.45) is 0. The fourth-order valence-electron chi connectivity index (χ4n) is 1.81. The average molecular weight is 253 g/mol. The summed E-state index contributed by atoms with van der Waals surface area (Å²) in [5.74, 6) is 0. The van der Waals surface area contributed by atoms with Crippen molar-refractivity contribution in [3.05, 3.63) is 52.6 Å². The number of hydrogen-bond acceptors (Lipinski definition) is 3. The van der Waals surface area contributed by atoms with Crippen LogP contribution in [0.1, 0.15) is 22.3 Å². The van der Waals surface area contributed by atoms with Crippen molar-refractivity contribution in [2.75, 3.05) is 5.73 Å². The minimum absolute atomic E-state index is 0.663. The van der Waals surface area contributed by atoms with Crippen molar-refractivity contribution in [3.8, 4) is 0 Å². The maximum Gasteiger partial charge on any atom is 0.109 e. The van der Waals surface area contributed by atoms with Crippen LogP contribution in [0, 0.1) is 27.7 Å². The third kappa shape index (κ3) is 2.99. The lowest BCUT2D eigenvalue weighted by Crippen LogP contribution is -1.89. The molecule has 0 aliphatic rings. The van der Waals surface area contributed by atoms with E-state index in [-0.39, 0.29) is 0 Å². The van der Waals surface area contributed by atoms with Crippen LogP contribution < -0.4 is 5.73 Å². The largest absolute Gasteiger partial charge is 0.397 e. The van der Waals surface area contributed by atoms with Gasteiger partial charge in [-0.3, -0.25) is 0 Å². The van der Waals surface area contributed by atoms with Gasteiger partial charge in [-0.05, 0) is 74.2 Å². The highest BCUT2D eigenvalue weighted by Gasteiger charge is 2.01. The van der Waals surface area contributed by atoms with Gasteiger partial charge in [-0.25, -0.2) is 0 Å². The molecule has 0 aliphatic carbocycles. The molecule has 0 atom stereocenters. The molecule has 2 aromatic carbocycles. The van der Waals surface area contributed by atoms with Gasteiger partial charge < -0.3 is 5.73 Å². The molecular weight excluding hydrogens is 234 g/mol. The van der Waals surface area contributed by atoms with Crippen LogP contribution in [0.25, 0.3) is 0 Å². The predicted molar refractivity (Wildman–Crippen MR) is 80.4 cm³/mol. The summed E-state index contributed by atoms with van der Waals surface area (Å²) in [6.45, 7) is 8.23. The molecule has 2 rings (SSSR count). The maximum absolute atomic E-state index is 5.95. The molecule has 3 heteroatoms. The Kier molecular flexibility index (Phi) is 3.65. The zero-order valence-electron chi connectivity index (χ0n) is 11.9. The lowest BCUT2D eigenvalue weighted by Gasteiger charge is -2.04. The number of aryl methyl sites for hydroxylation is 4. The van der Waals surface area contributed by atoms with Gasteiger partial charge in [0.25, 0.3) is 0 Å². The van der Waals surface area contributed by atoms with E-state index in [0.29, 0.717) is 5.69 Å². The Morgan fingerprint density at radius 3 is 2.05 bits per heavy atom. The molecule has 0 saturated heterocycles. The second kappa shape index (κ2) is 5.22. The molecule has 19 heavy (non-hydrogen) atoms. The quantitative estimate of drug-likeness (QED) is 0.599. The molecule has 0 unspecified atom stereocenters. The molecule has 0 aromatic heterocycles. The summed E-state index contributed by atoms with van der Waals surface area (Å²) < 4.78 is 0. The first-order valence-corrected chi connectivity index (χ1v) is 6.33. The molecule has 0 bridgehead atoms. The van der Waals surface area contributed by atoms with Gasteiger partial charge in [0, 0.05) is 0 Å². The standard InChI is InChI=1S/C16H19N3/c1-10-5-6-14(7-11(10)2)18-19-16-9-13(4)12(3)8-15(16)17/h5-9H,17H2,1-4H3. The van der Waals surface area contributed by atoms with Crippen molar-refractivity contribution in [3.63, 3.8) is 0 Å². The van der Waals surface area contributed by atoms with E-state index in [1.54, 1.807) is 0 Å². The van der Waals surface area contributed by atoms with Crippen molar-refractivity contribution >= 4 is 17.1 Å². The molecule has 0 saturated carbocycles. The van der Waals surface area contributed by atoms with E-state index in [2.05, 4.69) is 24.1 Å². The summed E-state index contributed by atoms with van der Waals surface area (Å²) in [4.78, 5) is 0. The van der Waals surface area contributed by atoms with Crippen LogP contribution >= 0.6 is 0 Å². The third-order valence-electron chi connectivity index (χ3n) is 3.41. The molecule has 0 fully saturated rings. The summed E-state index contributed by atoms with van der Waals surface area (Å²) in [7, 11) is 0. The van der Waals surface area contributed by atoms with Crippen LogP contribution in [0.15, 0.2) is 40.6 Å². The average Bonchev–Trinajstić information content (AvgIpc) is 2.36. The molecular formula is C16H19N3. The summed E-state index contributed by atoms with van der Waals surface area (Å²) in [5, 5.41) is 8.50. The number of nitrogen functional groups attached to an aromatic ring is 1. The summed E-state index contributed by atoms with van der Waals surface area (Å²) >= 11 is 0. The van der Waals surface area contributed by atoms with E-state index >= 15 is 0 Å². The van der Waals surface area contributed by atoms with Crippen molar-refractivity contribution in [2.45, 2.75) is 27.7 Å². The van der Waals surface area contributed by atoms with E-state index in [0.717, 1.165) is 11.4 Å². The molecule has 0 amide bonds. The highest BCUT2D eigenvalue weighted by atomic mass is 15.1. The van der Waals surface area contributed by atoms with Crippen LogP contribution in [0.4, 0.5) is 17.1 Å². The van der Waals surface area contributed by atoms with Gasteiger partial charge in [0.15, 0.2) is 0 Å². The number of rotatable bonds is 2. The Bertz CT molecular complexity index is 643. The highest BCUT2D eigenvalue weighted by Crippen LogP contribution is 2.28. The van der Waals surface area contributed by atoms with Crippen LogP contribution in [0.3, 0.4) is 0 Å². The van der Waals surface area contributed by atoms with Gasteiger partial charge in [0.1, 0.15) is 5.69 Å². The summed E-state index contributed by atoms with van der Waals surface area (Å²) in [6, 6.07) is 9.94. The normalized spacial score (nSPS) is 11.2. The number of nitrogens with two attached hydrogens (primary N) is 1. The Balaban J connectivity index is 2.32. The Morgan fingerprint density at radius 2 is 1.37 bits per heavy atom. The molecule has 3 nitrogen and oxygen atoms in total. The topological polar surface area (TPSA) is 50.7 Å². The van der Waals surface area contributed by atoms with E-state index in [1.807, 2.05) is 44.2 Å². The molecule has 0 radical (unpaired) electrons. The molecule has 2 aromatic rings.